The first-order valence-corrected chi connectivity index (χ1v) is 4.91. The van der Waals surface area contributed by atoms with Crippen molar-refractivity contribution in [3.8, 4) is 11.6 Å². The minimum absolute atomic E-state index is 0.146. The van der Waals surface area contributed by atoms with Gasteiger partial charge in [0.1, 0.15) is 17.1 Å². The number of halogens is 2. The van der Waals surface area contributed by atoms with Gasteiger partial charge in [-0.1, -0.05) is 13.0 Å². The van der Waals surface area contributed by atoms with Crippen molar-refractivity contribution in [3.05, 3.63) is 35.9 Å². The SMILES string of the molecule is CCc1oc(-c2ccccn2)nc1C(F)F. The Labute approximate surface area is 91.1 Å². The van der Waals surface area contributed by atoms with E-state index in [1.54, 1.807) is 31.3 Å². The van der Waals surface area contributed by atoms with Gasteiger partial charge in [0.15, 0.2) is 0 Å². The molecule has 2 rings (SSSR count). The molecule has 0 aliphatic carbocycles. The highest BCUT2D eigenvalue weighted by molar-refractivity contribution is 5.47. The van der Waals surface area contributed by atoms with Crippen LogP contribution in [0.2, 0.25) is 0 Å². The molecule has 0 spiro atoms. The number of hydrogen-bond donors (Lipinski definition) is 0. The predicted molar refractivity (Wildman–Crippen MR) is 54.1 cm³/mol. The summed E-state index contributed by atoms with van der Waals surface area (Å²) in [6.07, 6.45) is -0.664. The summed E-state index contributed by atoms with van der Waals surface area (Å²) in [4.78, 5) is 7.77. The molecule has 84 valence electrons. The topological polar surface area (TPSA) is 38.9 Å². The molecule has 0 bridgehead atoms. The van der Waals surface area contributed by atoms with Gasteiger partial charge in [0.25, 0.3) is 6.43 Å². The minimum atomic E-state index is -2.61. The molecule has 2 aromatic rings. The third-order valence-corrected chi connectivity index (χ3v) is 2.14. The van der Waals surface area contributed by atoms with Crippen molar-refractivity contribution >= 4 is 0 Å². The van der Waals surface area contributed by atoms with E-state index in [0.29, 0.717) is 12.1 Å². The first-order valence-electron chi connectivity index (χ1n) is 4.91. The zero-order valence-corrected chi connectivity index (χ0v) is 8.65. The maximum absolute atomic E-state index is 12.6. The first-order chi connectivity index (χ1) is 7.72. The number of aromatic nitrogens is 2. The highest BCUT2D eigenvalue weighted by atomic mass is 19.3. The maximum atomic E-state index is 12.6. The van der Waals surface area contributed by atoms with Crippen LogP contribution in [0.4, 0.5) is 8.78 Å². The fraction of sp³-hybridized carbons (Fsp3) is 0.273. The number of alkyl halides is 2. The highest BCUT2D eigenvalue weighted by Crippen LogP contribution is 2.27. The Hall–Kier alpha value is -1.78. The lowest BCUT2D eigenvalue weighted by Gasteiger charge is -1.93. The third-order valence-electron chi connectivity index (χ3n) is 2.14. The molecule has 2 aromatic heterocycles. The van der Waals surface area contributed by atoms with Gasteiger partial charge in [0.2, 0.25) is 5.89 Å². The van der Waals surface area contributed by atoms with Gasteiger partial charge in [0, 0.05) is 12.6 Å². The summed E-state index contributed by atoms with van der Waals surface area (Å²) in [5, 5.41) is 0. The zero-order valence-electron chi connectivity index (χ0n) is 8.65. The molecule has 0 fully saturated rings. The Morgan fingerprint density at radius 3 is 2.69 bits per heavy atom. The van der Waals surface area contributed by atoms with Gasteiger partial charge in [-0.3, -0.25) is 4.98 Å². The summed E-state index contributed by atoms with van der Waals surface area (Å²) in [5.74, 6) is 0.364. The lowest BCUT2D eigenvalue weighted by atomic mass is 10.3. The van der Waals surface area contributed by atoms with Crippen LogP contribution < -0.4 is 0 Å². The Kier molecular flexibility index (Phi) is 2.94. The summed E-state index contributed by atoms with van der Waals surface area (Å²) >= 11 is 0. The molecule has 5 heteroatoms. The molecule has 0 atom stereocenters. The van der Waals surface area contributed by atoms with Crippen molar-refractivity contribution in [2.75, 3.05) is 0 Å². The predicted octanol–water partition coefficient (Wildman–Crippen LogP) is 3.24. The Bertz CT molecular complexity index is 468. The van der Waals surface area contributed by atoms with Crippen LogP contribution in [0.25, 0.3) is 11.6 Å². The van der Waals surface area contributed by atoms with E-state index in [-0.39, 0.29) is 17.3 Å². The molecule has 0 radical (unpaired) electrons. The molecule has 0 unspecified atom stereocenters. The number of oxazole rings is 1. The third kappa shape index (κ3) is 1.93. The van der Waals surface area contributed by atoms with Crippen LogP contribution in [-0.2, 0) is 6.42 Å². The quantitative estimate of drug-likeness (QED) is 0.803. The first kappa shape index (κ1) is 10.7. The van der Waals surface area contributed by atoms with Crippen molar-refractivity contribution in [1.29, 1.82) is 0 Å². The zero-order chi connectivity index (χ0) is 11.5. The van der Waals surface area contributed by atoms with E-state index in [9.17, 15) is 8.78 Å². The van der Waals surface area contributed by atoms with Crippen LogP contribution in [-0.4, -0.2) is 9.97 Å². The summed E-state index contributed by atoms with van der Waals surface area (Å²) < 4.78 is 30.5. The number of aryl methyl sites for hydroxylation is 1. The molecular formula is C11H10F2N2O. The molecule has 0 saturated carbocycles. The van der Waals surface area contributed by atoms with Crippen LogP contribution in [0.5, 0.6) is 0 Å². The molecule has 0 amide bonds. The normalized spacial score (nSPS) is 11.0. The van der Waals surface area contributed by atoms with E-state index in [4.69, 9.17) is 4.42 Å². The van der Waals surface area contributed by atoms with Crippen molar-refractivity contribution in [3.63, 3.8) is 0 Å². The van der Waals surface area contributed by atoms with E-state index in [0.717, 1.165) is 0 Å². The van der Waals surface area contributed by atoms with Crippen molar-refractivity contribution in [2.45, 2.75) is 19.8 Å². The van der Waals surface area contributed by atoms with E-state index in [2.05, 4.69) is 9.97 Å². The van der Waals surface area contributed by atoms with Gasteiger partial charge in [0.05, 0.1) is 0 Å². The number of hydrogen-bond acceptors (Lipinski definition) is 3. The van der Waals surface area contributed by atoms with Crippen LogP contribution in [0, 0.1) is 0 Å². The fourth-order valence-corrected chi connectivity index (χ4v) is 1.39. The molecule has 0 aliphatic heterocycles. The second-order valence-corrected chi connectivity index (χ2v) is 3.20. The molecule has 0 aliphatic rings. The lowest BCUT2D eigenvalue weighted by Crippen LogP contribution is -1.89. The lowest BCUT2D eigenvalue weighted by molar-refractivity contribution is 0.144. The van der Waals surface area contributed by atoms with Gasteiger partial charge in [-0.2, -0.15) is 0 Å². The van der Waals surface area contributed by atoms with Gasteiger partial charge < -0.3 is 4.42 Å². The maximum Gasteiger partial charge on any atom is 0.283 e. The summed E-state index contributed by atoms with van der Waals surface area (Å²) in [5.41, 5.74) is 0.173. The number of rotatable bonds is 3. The van der Waals surface area contributed by atoms with Gasteiger partial charge in [-0.25, -0.2) is 13.8 Å². The van der Waals surface area contributed by atoms with Crippen LogP contribution in [0.15, 0.2) is 28.8 Å². The summed E-state index contributed by atoms with van der Waals surface area (Å²) in [7, 11) is 0. The Morgan fingerprint density at radius 2 is 2.19 bits per heavy atom. The van der Waals surface area contributed by atoms with Gasteiger partial charge in [-0.05, 0) is 12.1 Å². The monoisotopic (exact) mass is 224 g/mol. The molecule has 16 heavy (non-hydrogen) atoms. The number of pyridine rings is 1. The van der Waals surface area contributed by atoms with Crippen molar-refractivity contribution < 1.29 is 13.2 Å². The molecule has 3 nitrogen and oxygen atoms in total. The standard InChI is InChI=1S/C11H10F2N2O/c1-2-8-9(10(12)13)15-11(16-8)7-5-3-4-6-14-7/h3-6,10H,2H2,1H3. The summed E-state index contributed by atoms with van der Waals surface area (Å²) in [6.45, 7) is 1.74. The second kappa shape index (κ2) is 4.38. The van der Waals surface area contributed by atoms with E-state index in [1.165, 1.54) is 0 Å². The Morgan fingerprint density at radius 1 is 1.38 bits per heavy atom. The van der Waals surface area contributed by atoms with Crippen LogP contribution >= 0.6 is 0 Å². The molecule has 0 aromatic carbocycles. The van der Waals surface area contributed by atoms with Gasteiger partial charge in [-0.15, -0.1) is 0 Å². The number of nitrogens with zero attached hydrogens (tertiary/aromatic N) is 2. The van der Waals surface area contributed by atoms with Crippen LogP contribution in [0.3, 0.4) is 0 Å². The smallest absolute Gasteiger partial charge is 0.283 e. The molecule has 2 heterocycles. The van der Waals surface area contributed by atoms with E-state index < -0.39 is 6.43 Å². The van der Waals surface area contributed by atoms with Crippen molar-refractivity contribution in [2.24, 2.45) is 0 Å². The molecule has 0 N–H and O–H groups in total. The fourth-order valence-electron chi connectivity index (χ4n) is 1.39. The summed E-state index contributed by atoms with van der Waals surface area (Å²) in [6, 6.07) is 5.15. The average molecular weight is 224 g/mol. The highest BCUT2D eigenvalue weighted by Gasteiger charge is 2.20. The van der Waals surface area contributed by atoms with Crippen LogP contribution in [0.1, 0.15) is 24.8 Å². The second-order valence-electron chi connectivity index (χ2n) is 3.20. The Balaban J connectivity index is 2.44. The largest absolute Gasteiger partial charge is 0.439 e. The molecule has 0 saturated heterocycles. The van der Waals surface area contributed by atoms with E-state index >= 15 is 0 Å². The van der Waals surface area contributed by atoms with E-state index in [1.807, 2.05) is 0 Å². The van der Waals surface area contributed by atoms with Gasteiger partial charge >= 0.3 is 0 Å². The molecular weight excluding hydrogens is 214 g/mol. The van der Waals surface area contributed by atoms with Crippen molar-refractivity contribution in [1.82, 2.24) is 9.97 Å². The minimum Gasteiger partial charge on any atom is -0.439 e. The average Bonchev–Trinajstić information content (AvgIpc) is 2.74.